The molecule has 0 fully saturated rings. The molecule has 24 heavy (non-hydrogen) atoms. The number of nitrogens with one attached hydrogen (secondary N) is 1. The van der Waals surface area contributed by atoms with Gasteiger partial charge in [0.05, 0.1) is 25.5 Å². The summed E-state index contributed by atoms with van der Waals surface area (Å²) < 4.78 is 5.40. The third kappa shape index (κ3) is 3.75. The molecule has 1 aliphatic heterocycles. The summed E-state index contributed by atoms with van der Waals surface area (Å²) in [6.45, 7) is 3.94. The van der Waals surface area contributed by atoms with E-state index >= 15 is 0 Å². The second-order valence-corrected chi connectivity index (χ2v) is 5.91. The molecule has 126 valence electrons. The van der Waals surface area contributed by atoms with E-state index in [1.165, 1.54) is 5.57 Å². The highest BCUT2D eigenvalue weighted by Crippen LogP contribution is 2.31. The summed E-state index contributed by atoms with van der Waals surface area (Å²) in [5.74, 6) is 0.755. The van der Waals surface area contributed by atoms with Crippen LogP contribution in [0.1, 0.15) is 17.7 Å². The number of hydrogen-bond acceptors (Lipinski definition) is 5. The molecule has 4 N–H and O–H groups in total. The lowest BCUT2D eigenvalue weighted by Crippen LogP contribution is -2.10. The number of pyridine rings is 1. The number of aryl methyl sites for hydroxylation is 1. The molecule has 0 saturated heterocycles. The predicted octanol–water partition coefficient (Wildman–Crippen LogP) is 2.85. The fraction of sp³-hybridized carbons (Fsp3) is 0.316. The first-order valence-corrected chi connectivity index (χ1v) is 8.18. The molecular weight excluding hydrogens is 302 g/mol. The van der Waals surface area contributed by atoms with Gasteiger partial charge in [0.2, 0.25) is 0 Å². The van der Waals surface area contributed by atoms with Gasteiger partial charge in [-0.2, -0.15) is 0 Å². The average Bonchev–Trinajstić information content (AvgIpc) is 2.62. The van der Waals surface area contributed by atoms with Gasteiger partial charge >= 0.3 is 0 Å². The number of nitrogens with zero attached hydrogens (tertiary/aromatic N) is 1. The number of aliphatic hydroxyl groups is 1. The number of rotatable bonds is 5. The van der Waals surface area contributed by atoms with Crippen LogP contribution >= 0.6 is 0 Å². The number of anilines is 2. The Labute approximate surface area is 142 Å². The SMILES string of the molecule is Cc1ccc(N)cc1-c1cc(NCCO)nc(C2=CCOCC2)c1. The number of ether oxygens (including phenoxy) is 1. The Morgan fingerprint density at radius 3 is 2.92 bits per heavy atom. The first kappa shape index (κ1) is 16.5. The van der Waals surface area contributed by atoms with Crippen molar-refractivity contribution in [3.63, 3.8) is 0 Å². The minimum Gasteiger partial charge on any atom is -0.399 e. The number of aliphatic hydroxyl groups excluding tert-OH is 1. The van der Waals surface area contributed by atoms with E-state index in [4.69, 9.17) is 20.6 Å². The van der Waals surface area contributed by atoms with Crippen molar-refractivity contribution in [2.24, 2.45) is 0 Å². The summed E-state index contributed by atoms with van der Waals surface area (Å²) in [7, 11) is 0. The molecule has 0 bridgehead atoms. The minimum absolute atomic E-state index is 0.0646. The summed E-state index contributed by atoms with van der Waals surface area (Å²) in [6, 6.07) is 10.0. The highest BCUT2D eigenvalue weighted by molar-refractivity contribution is 5.77. The first-order valence-electron chi connectivity index (χ1n) is 8.18. The lowest BCUT2D eigenvalue weighted by atomic mass is 9.97. The second kappa shape index (κ2) is 7.47. The van der Waals surface area contributed by atoms with Crippen molar-refractivity contribution >= 4 is 17.1 Å². The normalized spacial score (nSPS) is 14.3. The average molecular weight is 325 g/mol. The number of benzene rings is 1. The maximum atomic E-state index is 9.08. The Bertz CT molecular complexity index is 756. The van der Waals surface area contributed by atoms with Gasteiger partial charge in [0.25, 0.3) is 0 Å². The topological polar surface area (TPSA) is 80.4 Å². The van der Waals surface area contributed by atoms with E-state index in [0.717, 1.165) is 40.3 Å². The van der Waals surface area contributed by atoms with Crippen LogP contribution in [0.3, 0.4) is 0 Å². The van der Waals surface area contributed by atoms with Crippen molar-refractivity contribution in [3.8, 4) is 11.1 Å². The maximum absolute atomic E-state index is 9.08. The minimum atomic E-state index is 0.0646. The van der Waals surface area contributed by atoms with Crippen LogP contribution in [0.5, 0.6) is 0 Å². The van der Waals surface area contributed by atoms with Gasteiger partial charge in [-0.15, -0.1) is 0 Å². The van der Waals surface area contributed by atoms with Gasteiger partial charge in [-0.25, -0.2) is 4.98 Å². The zero-order valence-electron chi connectivity index (χ0n) is 13.9. The van der Waals surface area contributed by atoms with E-state index in [0.29, 0.717) is 19.8 Å². The Hall–Kier alpha value is -2.37. The number of nitrogen functional groups attached to an aromatic ring is 1. The van der Waals surface area contributed by atoms with Gasteiger partial charge < -0.3 is 20.9 Å². The molecule has 2 heterocycles. The van der Waals surface area contributed by atoms with E-state index in [1.54, 1.807) is 0 Å². The van der Waals surface area contributed by atoms with Crippen molar-refractivity contribution in [2.45, 2.75) is 13.3 Å². The van der Waals surface area contributed by atoms with Gasteiger partial charge in [-0.1, -0.05) is 12.1 Å². The van der Waals surface area contributed by atoms with Crippen LogP contribution in [0.15, 0.2) is 36.4 Å². The summed E-state index contributed by atoms with van der Waals surface area (Å²) >= 11 is 0. The molecule has 0 saturated carbocycles. The largest absolute Gasteiger partial charge is 0.399 e. The zero-order valence-corrected chi connectivity index (χ0v) is 13.9. The van der Waals surface area contributed by atoms with Gasteiger partial charge in [-0.3, -0.25) is 0 Å². The summed E-state index contributed by atoms with van der Waals surface area (Å²) in [5.41, 5.74) is 12.2. The van der Waals surface area contributed by atoms with Gasteiger partial charge in [0, 0.05) is 12.2 Å². The molecule has 5 heteroatoms. The number of hydrogen-bond donors (Lipinski definition) is 3. The van der Waals surface area contributed by atoms with Crippen molar-refractivity contribution in [2.75, 3.05) is 37.4 Å². The number of nitrogens with two attached hydrogens (primary N) is 1. The Kier molecular flexibility index (Phi) is 5.13. The van der Waals surface area contributed by atoms with Crippen molar-refractivity contribution < 1.29 is 9.84 Å². The molecule has 0 radical (unpaired) electrons. The zero-order chi connectivity index (χ0) is 16.9. The molecule has 0 spiro atoms. The smallest absolute Gasteiger partial charge is 0.127 e. The quantitative estimate of drug-likeness (QED) is 0.737. The molecule has 0 atom stereocenters. The first-order chi connectivity index (χ1) is 11.7. The summed E-state index contributed by atoms with van der Waals surface area (Å²) in [4.78, 5) is 4.69. The van der Waals surface area contributed by atoms with Gasteiger partial charge in [0.1, 0.15) is 5.82 Å². The molecular formula is C19H23N3O2. The van der Waals surface area contributed by atoms with Crippen LogP contribution in [0.2, 0.25) is 0 Å². The predicted molar refractivity (Wildman–Crippen MR) is 97.8 cm³/mol. The Morgan fingerprint density at radius 2 is 2.17 bits per heavy atom. The molecule has 1 aliphatic rings. The fourth-order valence-electron chi connectivity index (χ4n) is 2.84. The van der Waals surface area contributed by atoms with E-state index in [1.807, 2.05) is 24.3 Å². The summed E-state index contributed by atoms with van der Waals surface area (Å²) in [5, 5.41) is 12.2. The van der Waals surface area contributed by atoms with E-state index < -0.39 is 0 Å². The molecule has 5 nitrogen and oxygen atoms in total. The third-order valence-corrected chi connectivity index (χ3v) is 4.11. The molecule has 1 aromatic heterocycles. The van der Waals surface area contributed by atoms with Crippen molar-refractivity contribution in [1.82, 2.24) is 4.98 Å². The molecule has 0 unspecified atom stereocenters. The third-order valence-electron chi connectivity index (χ3n) is 4.11. The van der Waals surface area contributed by atoms with Gasteiger partial charge in [0.15, 0.2) is 0 Å². The van der Waals surface area contributed by atoms with Crippen LogP contribution in [0.4, 0.5) is 11.5 Å². The van der Waals surface area contributed by atoms with Crippen LogP contribution < -0.4 is 11.1 Å². The molecule has 0 amide bonds. The highest BCUT2D eigenvalue weighted by Gasteiger charge is 2.12. The lowest BCUT2D eigenvalue weighted by Gasteiger charge is -2.17. The van der Waals surface area contributed by atoms with Crippen LogP contribution in [-0.2, 0) is 4.74 Å². The molecule has 2 aromatic rings. The van der Waals surface area contributed by atoms with Crippen LogP contribution in [0.25, 0.3) is 16.7 Å². The highest BCUT2D eigenvalue weighted by atomic mass is 16.5. The van der Waals surface area contributed by atoms with E-state index in [-0.39, 0.29) is 6.61 Å². The second-order valence-electron chi connectivity index (χ2n) is 5.91. The monoisotopic (exact) mass is 325 g/mol. The van der Waals surface area contributed by atoms with Crippen LogP contribution in [0, 0.1) is 6.92 Å². The van der Waals surface area contributed by atoms with Crippen molar-refractivity contribution in [1.29, 1.82) is 0 Å². The lowest BCUT2D eigenvalue weighted by molar-refractivity contribution is 0.161. The Balaban J connectivity index is 2.07. The van der Waals surface area contributed by atoms with Gasteiger partial charge in [-0.05, 0) is 59.9 Å². The van der Waals surface area contributed by atoms with E-state index in [2.05, 4.69) is 24.4 Å². The molecule has 0 aliphatic carbocycles. The maximum Gasteiger partial charge on any atom is 0.127 e. The van der Waals surface area contributed by atoms with Crippen LogP contribution in [-0.4, -0.2) is 36.5 Å². The fourth-order valence-corrected chi connectivity index (χ4v) is 2.84. The van der Waals surface area contributed by atoms with Crippen molar-refractivity contribution in [3.05, 3.63) is 47.7 Å². The number of aromatic nitrogens is 1. The van der Waals surface area contributed by atoms with E-state index in [9.17, 15) is 0 Å². The standard InChI is InChI=1S/C19H23N3O2/c1-13-2-3-16(20)12-17(13)15-10-18(14-4-8-24-9-5-14)22-19(11-15)21-6-7-23/h2-4,10-12,23H,5-9,20H2,1H3,(H,21,22). The Morgan fingerprint density at radius 1 is 1.29 bits per heavy atom. The molecule has 3 rings (SSSR count). The molecule has 1 aromatic carbocycles. The summed E-state index contributed by atoms with van der Waals surface area (Å²) in [6.07, 6.45) is 2.93.